The average molecular weight is 245 g/mol. The molecule has 0 spiro atoms. The Morgan fingerprint density at radius 2 is 2.33 bits per heavy atom. The maximum Gasteiger partial charge on any atom is 0.217 e. The van der Waals surface area contributed by atoms with Gasteiger partial charge >= 0.3 is 0 Å². The predicted octanol–water partition coefficient (Wildman–Crippen LogP) is 1.32. The van der Waals surface area contributed by atoms with Gasteiger partial charge in [0.25, 0.3) is 0 Å². The molecule has 0 aliphatic carbocycles. The van der Waals surface area contributed by atoms with Crippen LogP contribution in [-0.4, -0.2) is 19.6 Å². The quantitative estimate of drug-likeness (QED) is 0.554. The predicted molar refractivity (Wildman–Crippen MR) is 62.9 cm³/mol. The summed E-state index contributed by atoms with van der Waals surface area (Å²) >= 11 is 8.43. The summed E-state index contributed by atoms with van der Waals surface area (Å²) in [5.41, 5.74) is 1.47. The van der Waals surface area contributed by atoms with Crippen LogP contribution >= 0.6 is 24.8 Å². The highest BCUT2D eigenvalue weighted by atomic mass is 32.1. The Balaban J connectivity index is 2.97. The molecule has 0 saturated carbocycles. The number of aliphatic hydroxyl groups is 1. The molecule has 0 aliphatic heterocycles. The number of aromatic nitrogens is 1. The van der Waals surface area contributed by atoms with Gasteiger partial charge in [0.1, 0.15) is 12.4 Å². The topological polar surface area (TPSA) is 62.6 Å². The van der Waals surface area contributed by atoms with Crippen molar-refractivity contribution < 1.29 is 14.9 Å². The van der Waals surface area contributed by atoms with Crippen LogP contribution in [0.2, 0.25) is 0 Å². The van der Waals surface area contributed by atoms with Gasteiger partial charge in [-0.2, -0.15) is 0 Å². The molecule has 0 atom stereocenters. The molecular weight excluding hydrogens is 234 g/mol. The zero-order valence-corrected chi connectivity index (χ0v) is 9.81. The number of thiocarbonyl (C=S) groups is 1. The number of aromatic hydroxyl groups is 1. The molecular formula is C9H11NO3S2. The number of pyridine rings is 1. The van der Waals surface area contributed by atoms with Gasteiger partial charge in [-0.1, -0.05) is 12.6 Å². The van der Waals surface area contributed by atoms with E-state index in [0.29, 0.717) is 16.8 Å². The van der Waals surface area contributed by atoms with Crippen LogP contribution in [0.5, 0.6) is 5.75 Å². The highest BCUT2D eigenvalue weighted by molar-refractivity contribution is 8.10. The fourth-order valence-corrected chi connectivity index (χ4v) is 1.25. The number of aliphatic hydroxyl groups excluding tert-OH is 1. The zero-order valence-electron chi connectivity index (χ0n) is 8.10. The lowest BCUT2D eigenvalue weighted by atomic mass is 10.1. The maximum absolute atomic E-state index is 9.61. The number of aryl methyl sites for hydroxylation is 1. The van der Waals surface area contributed by atoms with Gasteiger partial charge in [-0.3, -0.25) is 4.98 Å². The molecule has 0 fully saturated rings. The fraction of sp³-hybridized carbons (Fsp3) is 0.333. The summed E-state index contributed by atoms with van der Waals surface area (Å²) in [6.07, 6.45) is 1.53. The van der Waals surface area contributed by atoms with Crippen molar-refractivity contribution in [3.63, 3.8) is 0 Å². The Kier molecular flexibility index (Phi) is 4.31. The normalized spacial score (nSPS) is 10.1. The summed E-state index contributed by atoms with van der Waals surface area (Å²) in [6.45, 7) is 1.52. The highest BCUT2D eigenvalue weighted by Gasteiger charge is 2.11. The molecule has 1 aromatic rings. The molecule has 0 saturated heterocycles. The third-order valence-corrected chi connectivity index (χ3v) is 2.19. The second-order valence-corrected chi connectivity index (χ2v) is 3.99. The SMILES string of the molecule is Cc1ncc(COC(=S)S)c(CO)c1O. The van der Waals surface area contributed by atoms with E-state index in [2.05, 4.69) is 29.8 Å². The Hall–Kier alpha value is -0.850. The molecule has 0 bridgehead atoms. The van der Waals surface area contributed by atoms with Crippen molar-refractivity contribution in [2.75, 3.05) is 0 Å². The smallest absolute Gasteiger partial charge is 0.217 e. The molecule has 1 rings (SSSR count). The minimum Gasteiger partial charge on any atom is -0.506 e. The molecule has 6 heteroatoms. The molecule has 0 aliphatic rings. The monoisotopic (exact) mass is 245 g/mol. The van der Waals surface area contributed by atoms with Crippen LogP contribution in [0.15, 0.2) is 6.20 Å². The van der Waals surface area contributed by atoms with Gasteiger partial charge in [0.15, 0.2) is 0 Å². The second kappa shape index (κ2) is 5.29. The molecule has 2 N–H and O–H groups in total. The summed E-state index contributed by atoms with van der Waals surface area (Å²) in [6, 6.07) is 0. The van der Waals surface area contributed by atoms with Gasteiger partial charge < -0.3 is 14.9 Å². The van der Waals surface area contributed by atoms with E-state index in [1.165, 1.54) is 6.20 Å². The second-order valence-electron chi connectivity index (χ2n) is 2.91. The number of nitrogens with zero attached hydrogens (tertiary/aromatic N) is 1. The van der Waals surface area contributed by atoms with Crippen molar-refractivity contribution >= 4 is 29.2 Å². The fourth-order valence-electron chi connectivity index (χ4n) is 1.12. The number of thiol groups is 1. The van der Waals surface area contributed by atoms with Crippen molar-refractivity contribution in [1.29, 1.82) is 0 Å². The summed E-state index contributed by atoms with van der Waals surface area (Å²) in [5.74, 6) is -0.0105. The van der Waals surface area contributed by atoms with Gasteiger partial charge in [-0.25, -0.2) is 0 Å². The van der Waals surface area contributed by atoms with Crippen molar-refractivity contribution in [3.8, 4) is 5.75 Å². The molecule has 4 nitrogen and oxygen atoms in total. The van der Waals surface area contributed by atoms with E-state index in [-0.39, 0.29) is 23.3 Å². The van der Waals surface area contributed by atoms with E-state index in [4.69, 9.17) is 9.84 Å². The van der Waals surface area contributed by atoms with Crippen LogP contribution in [0.25, 0.3) is 0 Å². The van der Waals surface area contributed by atoms with Crippen LogP contribution in [0, 0.1) is 6.92 Å². The number of hydrogen-bond acceptors (Lipinski definition) is 5. The largest absolute Gasteiger partial charge is 0.506 e. The van der Waals surface area contributed by atoms with E-state index in [1.54, 1.807) is 6.92 Å². The van der Waals surface area contributed by atoms with Gasteiger partial charge in [0, 0.05) is 17.3 Å². The molecule has 1 heterocycles. The lowest BCUT2D eigenvalue weighted by Gasteiger charge is -2.10. The third kappa shape index (κ3) is 3.05. The van der Waals surface area contributed by atoms with E-state index in [1.807, 2.05) is 0 Å². The Labute approximate surface area is 98.3 Å². The molecule has 0 radical (unpaired) electrons. The first-order chi connectivity index (χ1) is 7.06. The summed E-state index contributed by atoms with van der Waals surface area (Å²) in [5, 5.41) is 18.7. The molecule has 15 heavy (non-hydrogen) atoms. The van der Waals surface area contributed by atoms with Crippen molar-refractivity contribution in [1.82, 2.24) is 4.98 Å². The lowest BCUT2D eigenvalue weighted by Crippen LogP contribution is -2.02. The number of hydrogen-bond donors (Lipinski definition) is 3. The molecule has 0 unspecified atom stereocenters. The van der Waals surface area contributed by atoms with E-state index in [0.717, 1.165) is 0 Å². The molecule has 82 valence electrons. The molecule has 1 aromatic heterocycles. The minimum atomic E-state index is -0.271. The van der Waals surface area contributed by atoms with Crippen LogP contribution in [0.4, 0.5) is 0 Å². The third-order valence-electron chi connectivity index (χ3n) is 1.94. The Bertz CT molecular complexity index is 382. The summed E-state index contributed by atoms with van der Waals surface area (Å²) in [4.78, 5) is 3.96. The van der Waals surface area contributed by atoms with Crippen LogP contribution in [-0.2, 0) is 18.0 Å². The summed E-state index contributed by atoms with van der Waals surface area (Å²) < 4.78 is 5.11. The Morgan fingerprint density at radius 1 is 1.67 bits per heavy atom. The van der Waals surface area contributed by atoms with E-state index < -0.39 is 0 Å². The van der Waals surface area contributed by atoms with E-state index >= 15 is 0 Å². The molecule has 0 amide bonds. The first kappa shape index (κ1) is 12.2. The first-order valence-electron chi connectivity index (χ1n) is 4.19. The summed E-state index contributed by atoms with van der Waals surface area (Å²) in [7, 11) is 0. The van der Waals surface area contributed by atoms with Crippen molar-refractivity contribution in [2.24, 2.45) is 0 Å². The van der Waals surface area contributed by atoms with Gasteiger partial charge in [-0.15, -0.1) is 0 Å². The average Bonchev–Trinajstić information content (AvgIpc) is 2.19. The Morgan fingerprint density at radius 3 is 2.87 bits per heavy atom. The standard InChI is InChI=1S/C9H11NO3S2/c1-5-8(12)7(3-11)6(2-10-5)4-13-9(14)15/h2,11-12H,3-4H2,1H3,(H,14,15). The maximum atomic E-state index is 9.61. The van der Waals surface area contributed by atoms with Gasteiger partial charge in [0.2, 0.25) is 4.38 Å². The van der Waals surface area contributed by atoms with E-state index in [9.17, 15) is 5.11 Å². The van der Waals surface area contributed by atoms with Gasteiger partial charge in [0.05, 0.1) is 12.3 Å². The lowest BCUT2D eigenvalue weighted by molar-refractivity contribution is 0.263. The van der Waals surface area contributed by atoms with Crippen molar-refractivity contribution in [2.45, 2.75) is 20.1 Å². The number of rotatable bonds is 3. The van der Waals surface area contributed by atoms with Crippen molar-refractivity contribution in [3.05, 3.63) is 23.0 Å². The minimum absolute atomic E-state index is 0.0105. The van der Waals surface area contributed by atoms with Crippen LogP contribution in [0.1, 0.15) is 16.8 Å². The van der Waals surface area contributed by atoms with Crippen LogP contribution in [0.3, 0.4) is 0 Å². The molecule has 0 aromatic carbocycles. The zero-order chi connectivity index (χ0) is 11.4. The number of ether oxygens (including phenoxy) is 1. The van der Waals surface area contributed by atoms with Gasteiger partial charge in [-0.05, 0) is 19.1 Å². The van der Waals surface area contributed by atoms with Crippen LogP contribution < -0.4 is 0 Å². The highest BCUT2D eigenvalue weighted by Crippen LogP contribution is 2.24. The first-order valence-corrected chi connectivity index (χ1v) is 5.04.